The van der Waals surface area contributed by atoms with Crippen LogP contribution in [0.1, 0.15) is 32.4 Å². The van der Waals surface area contributed by atoms with Gasteiger partial charge in [0, 0.05) is 6.04 Å². The molecule has 2 nitrogen and oxygen atoms in total. The van der Waals surface area contributed by atoms with Crippen molar-refractivity contribution in [3.8, 4) is 11.1 Å². The van der Waals surface area contributed by atoms with Crippen LogP contribution < -0.4 is 15.3 Å². The lowest BCUT2D eigenvalue weighted by atomic mass is 9.88. The summed E-state index contributed by atoms with van der Waals surface area (Å²) in [4.78, 5) is 0. The molecule has 1 N–H and O–H groups in total. The smallest absolute Gasteiger partial charge is 0.0976 e. The summed E-state index contributed by atoms with van der Waals surface area (Å²) < 4.78 is 17.0. The Bertz CT molecular complexity index is 1750. The molecule has 6 aromatic rings. The van der Waals surface area contributed by atoms with Crippen LogP contribution in [-0.2, 0) is 11.0 Å². The van der Waals surface area contributed by atoms with E-state index >= 15 is 0 Å². The number of fused-ring (bicyclic) bond motifs is 2. The summed E-state index contributed by atoms with van der Waals surface area (Å²) >= 11 is 0. The van der Waals surface area contributed by atoms with Gasteiger partial charge in [0.1, 0.15) is 0 Å². The van der Waals surface area contributed by atoms with E-state index < -0.39 is 23.7 Å². The molecule has 0 heterocycles. The number of benzene rings is 6. The highest BCUT2D eigenvalue weighted by Gasteiger charge is 2.29. The van der Waals surface area contributed by atoms with Gasteiger partial charge in [0.25, 0.3) is 0 Å². The Kier molecular flexibility index (Phi) is 8.36. The molecular formula is C38H36NOPS. The fourth-order valence-corrected chi connectivity index (χ4v) is 8.98. The molecule has 2 atom stereocenters. The van der Waals surface area contributed by atoms with E-state index in [9.17, 15) is 4.21 Å². The molecule has 0 saturated heterocycles. The van der Waals surface area contributed by atoms with E-state index in [1.807, 2.05) is 20.8 Å². The fourth-order valence-electron chi connectivity index (χ4n) is 5.60. The Balaban J connectivity index is 1.56. The van der Waals surface area contributed by atoms with Gasteiger partial charge in [0.2, 0.25) is 0 Å². The zero-order valence-corrected chi connectivity index (χ0v) is 26.0. The first-order valence-corrected chi connectivity index (χ1v) is 17.1. The second-order valence-electron chi connectivity index (χ2n) is 11.6. The standard InChI is InChI=1S/C38H36NOPS/c1-38(2,3)42(40)39-36(27-41(30-18-6-4-7-19-30)31-20-8-5-9-21-31)34-24-14-15-25-35(34)37-32-22-12-10-16-28(32)26-29-17-11-13-23-33(29)37/h4-26,36,39H,27H2,1-3H3/t36-,42?/m1/s1. The minimum absolute atomic E-state index is 0.134. The molecule has 42 heavy (non-hydrogen) atoms. The summed E-state index contributed by atoms with van der Waals surface area (Å²) in [7, 11) is -1.98. The van der Waals surface area contributed by atoms with E-state index in [1.165, 1.54) is 48.8 Å². The first-order valence-electron chi connectivity index (χ1n) is 14.5. The predicted octanol–water partition coefficient (Wildman–Crippen LogP) is 8.89. The van der Waals surface area contributed by atoms with Crippen molar-refractivity contribution in [2.75, 3.05) is 6.16 Å². The van der Waals surface area contributed by atoms with Gasteiger partial charge in [-0.3, -0.25) is 0 Å². The maximum Gasteiger partial charge on any atom is 0.0976 e. The van der Waals surface area contributed by atoms with Crippen LogP contribution in [0.25, 0.3) is 32.7 Å². The van der Waals surface area contributed by atoms with Crippen LogP contribution in [0.4, 0.5) is 0 Å². The van der Waals surface area contributed by atoms with Crippen LogP contribution in [-0.4, -0.2) is 15.1 Å². The van der Waals surface area contributed by atoms with Crippen LogP contribution >= 0.6 is 7.92 Å². The molecule has 0 fully saturated rings. The molecule has 4 heteroatoms. The number of rotatable bonds is 8. The van der Waals surface area contributed by atoms with E-state index in [2.05, 4.69) is 144 Å². The SMILES string of the molecule is CC(C)(C)S(=O)N[C@H](CP(c1ccccc1)c1ccccc1)c1ccccc1-c1c2ccccc2cc2ccccc12. The predicted molar refractivity (Wildman–Crippen MR) is 185 cm³/mol. The Morgan fingerprint density at radius 1 is 0.643 bits per heavy atom. The largest absolute Gasteiger partial charge is 0.242 e. The van der Waals surface area contributed by atoms with Gasteiger partial charge in [0.15, 0.2) is 0 Å². The van der Waals surface area contributed by atoms with Crippen molar-refractivity contribution >= 4 is 51.1 Å². The van der Waals surface area contributed by atoms with E-state index in [1.54, 1.807) is 0 Å². The Hall–Kier alpha value is -3.62. The summed E-state index contributed by atoms with van der Waals surface area (Å²) in [5.41, 5.74) is 3.59. The molecule has 0 amide bonds. The van der Waals surface area contributed by atoms with Gasteiger partial charge in [0.05, 0.1) is 15.7 Å². The number of nitrogens with one attached hydrogen (secondary N) is 1. The van der Waals surface area contributed by atoms with E-state index in [0.717, 1.165) is 6.16 Å². The summed E-state index contributed by atoms with van der Waals surface area (Å²) in [5.74, 6) is 0. The molecule has 0 radical (unpaired) electrons. The van der Waals surface area contributed by atoms with Gasteiger partial charge in [-0.2, -0.15) is 0 Å². The molecule has 0 aromatic heterocycles. The van der Waals surface area contributed by atoms with Gasteiger partial charge in [-0.25, -0.2) is 8.93 Å². The molecule has 0 aliphatic carbocycles. The van der Waals surface area contributed by atoms with Crippen molar-refractivity contribution in [1.82, 2.24) is 4.72 Å². The third-order valence-corrected chi connectivity index (χ3v) is 11.9. The average Bonchev–Trinajstić information content (AvgIpc) is 3.02. The zero-order chi connectivity index (χ0) is 29.1. The maximum atomic E-state index is 13.8. The maximum absolute atomic E-state index is 13.8. The first-order chi connectivity index (χ1) is 20.4. The molecule has 0 spiro atoms. The van der Waals surface area contributed by atoms with Gasteiger partial charge >= 0.3 is 0 Å². The van der Waals surface area contributed by atoms with Crippen LogP contribution in [0.2, 0.25) is 0 Å². The van der Waals surface area contributed by atoms with Crippen LogP contribution in [0.15, 0.2) is 140 Å². The lowest BCUT2D eigenvalue weighted by Crippen LogP contribution is -2.37. The molecule has 0 aliphatic heterocycles. The minimum atomic E-state index is -1.26. The van der Waals surface area contributed by atoms with Crippen LogP contribution in [0.5, 0.6) is 0 Å². The minimum Gasteiger partial charge on any atom is -0.242 e. The molecule has 6 aromatic carbocycles. The van der Waals surface area contributed by atoms with Crippen molar-refractivity contribution in [3.05, 3.63) is 145 Å². The van der Waals surface area contributed by atoms with Crippen molar-refractivity contribution in [3.63, 3.8) is 0 Å². The molecule has 1 unspecified atom stereocenters. The normalized spacial score (nSPS) is 13.4. The second-order valence-corrected chi connectivity index (χ2v) is 15.9. The third-order valence-electron chi connectivity index (χ3n) is 7.68. The average molecular weight is 586 g/mol. The van der Waals surface area contributed by atoms with Gasteiger partial charge < -0.3 is 0 Å². The monoisotopic (exact) mass is 585 g/mol. The lowest BCUT2D eigenvalue weighted by Gasteiger charge is -2.30. The Labute approximate surface area is 253 Å². The Morgan fingerprint density at radius 2 is 1.12 bits per heavy atom. The summed E-state index contributed by atoms with van der Waals surface area (Å²) in [6.07, 6.45) is 0.824. The third kappa shape index (κ3) is 5.96. The molecule has 0 bridgehead atoms. The quantitative estimate of drug-likeness (QED) is 0.140. The van der Waals surface area contributed by atoms with Crippen molar-refractivity contribution in [2.24, 2.45) is 0 Å². The highest BCUT2D eigenvalue weighted by Crippen LogP contribution is 2.43. The molecular weight excluding hydrogens is 549 g/mol. The van der Waals surface area contributed by atoms with E-state index in [-0.39, 0.29) is 6.04 Å². The van der Waals surface area contributed by atoms with Gasteiger partial charge in [-0.15, -0.1) is 0 Å². The molecule has 210 valence electrons. The van der Waals surface area contributed by atoms with Gasteiger partial charge in [-0.1, -0.05) is 133 Å². The highest BCUT2D eigenvalue weighted by atomic mass is 32.2. The van der Waals surface area contributed by atoms with Crippen molar-refractivity contribution in [1.29, 1.82) is 0 Å². The van der Waals surface area contributed by atoms with Crippen LogP contribution in [0.3, 0.4) is 0 Å². The van der Waals surface area contributed by atoms with E-state index in [4.69, 9.17) is 0 Å². The van der Waals surface area contributed by atoms with Gasteiger partial charge in [-0.05, 0) is 89.8 Å². The lowest BCUT2D eigenvalue weighted by molar-refractivity contribution is 0.618. The van der Waals surface area contributed by atoms with Crippen molar-refractivity contribution in [2.45, 2.75) is 31.6 Å². The molecule has 0 aliphatic rings. The fraction of sp³-hybridized carbons (Fsp3) is 0.158. The number of hydrogen-bond acceptors (Lipinski definition) is 1. The second kappa shape index (κ2) is 12.3. The first kappa shape index (κ1) is 28.5. The van der Waals surface area contributed by atoms with E-state index in [0.29, 0.717) is 0 Å². The summed E-state index contributed by atoms with van der Waals surface area (Å²) in [6, 6.07) is 49.8. The molecule has 6 rings (SSSR count). The summed E-state index contributed by atoms with van der Waals surface area (Å²) in [5, 5.41) is 7.54. The molecule has 0 saturated carbocycles. The topological polar surface area (TPSA) is 29.1 Å². The summed E-state index contributed by atoms with van der Waals surface area (Å²) in [6.45, 7) is 6.11. The Morgan fingerprint density at radius 3 is 1.67 bits per heavy atom. The van der Waals surface area contributed by atoms with Crippen molar-refractivity contribution < 1.29 is 4.21 Å². The highest BCUT2D eigenvalue weighted by molar-refractivity contribution is 7.84. The van der Waals surface area contributed by atoms with Crippen LogP contribution in [0, 0.1) is 0 Å². The zero-order valence-electron chi connectivity index (χ0n) is 24.3. The number of hydrogen-bond donors (Lipinski definition) is 1.